The van der Waals surface area contributed by atoms with Crippen LogP contribution in [-0.4, -0.2) is 19.5 Å². The number of hydrogen-bond donors (Lipinski definition) is 2. The lowest BCUT2D eigenvalue weighted by Crippen LogP contribution is -3.08. The van der Waals surface area contributed by atoms with E-state index >= 15 is 0 Å². The van der Waals surface area contributed by atoms with Crippen LogP contribution in [0.15, 0.2) is 48.5 Å². The molecule has 0 aromatic heterocycles. The Morgan fingerprint density at radius 3 is 2.46 bits per heavy atom. The maximum Gasteiger partial charge on any atom is 0.417 e. The van der Waals surface area contributed by atoms with E-state index in [9.17, 15) is 18.0 Å². The molecule has 1 unspecified atom stereocenters. The van der Waals surface area contributed by atoms with Crippen molar-refractivity contribution in [2.24, 2.45) is 0 Å². The fourth-order valence-corrected chi connectivity index (χ4v) is 2.53. The SMILES string of the molecule is C[NH+](CC(=O)Nc1ccc(Cl)c(C(F)(F)F)c1)Cc1ccccc1. The smallest absolute Gasteiger partial charge is 0.326 e. The van der Waals surface area contributed by atoms with Gasteiger partial charge in [-0.2, -0.15) is 13.2 Å². The molecule has 0 saturated carbocycles. The number of nitrogens with one attached hydrogen (secondary N) is 2. The Labute approximate surface area is 143 Å². The molecule has 2 rings (SSSR count). The number of carbonyl (C=O) groups is 1. The third-order valence-corrected chi connectivity index (χ3v) is 3.70. The van der Waals surface area contributed by atoms with E-state index in [1.807, 2.05) is 37.4 Å². The van der Waals surface area contributed by atoms with Gasteiger partial charge in [-0.3, -0.25) is 4.79 Å². The number of amides is 1. The Balaban J connectivity index is 1.97. The number of alkyl halides is 3. The number of rotatable bonds is 5. The summed E-state index contributed by atoms with van der Waals surface area (Å²) in [4.78, 5) is 12.9. The number of halogens is 4. The molecule has 0 aliphatic rings. The summed E-state index contributed by atoms with van der Waals surface area (Å²) in [6.45, 7) is 0.779. The first-order valence-corrected chi connectivity index (χ1v) is 7.65. The highest BCUT2D eigenvalue weighted by Crippen LogP contribution is 2.36. The molecule has 24 heavy (non-hydrogen) atoms. The van der Waals surface area contributed by atoms with Crippen LogP contribution in [0.5, 0.6) is 0 Å². The molecular weight excluding hydrogens is 341 g/mol. The van der Waals surface area contributed by atoms with Crippen molar-refractivity contribution < 1.29 is 22.9 Å². The number of anilines is 1. The highest BCUT2D eigenvalue weighted by Gasteiger charge is 2.33. The van der Waals surface area contributed by atoms with E-state index < -0.39 is 16.8 Å². The lowest BCUT2D eigenvalue weighted by Gasteiger charge is -2.15. The molecule has 2 N–H and O–H groups in total. The summed E-state index contributed by atoms with van der Waals surface area (Å²) in [5.41, 5.74) is 0.185. The molecule has 2 aromatic rings. The van der Waals surface area contributed by atoms with Crippen molar-refractivity contribution in [1.82, 2.24) is 0 Å². The molecule has 1 amide bonds. The second-order valence-corrected chi connectivity index (χ2v) is 5.94. The number of hydrogen-bond acceptors (Lipinski definition) is 1. The Kier molecular flexibility index (Phi) is 5.85. The molecule has 1 atom stereocenters. The van der Waals surface area contributed by atoms with Crippen molar-refractivity contribution in [2.45, 2.75) is 12.7 Å². The van der Waals surface area contributed by atoms with Crippen molar-refractivity contribution in [3.63, 3.8) is 0 Å². The van der Waals surface area contributed by atoms with E-state index in [0.29, 0.717) is 6.54 Å². The molecule has 0 aliphatic heterocycles. The average molecular weight is 358 g/mol. The molecular formula is C17H17ClF3N2O+. The van der Waals surface area contributed by atoms with E-state index in [2.05, 4.69) is 5.32 Å². The minimum atomic E-state index is -4.56. The molecule has 3 nitrogen and oxygen atoms in total. The molecule has 7 heteroatoms. The van der Waals surface area contributed by atoms with E-state index in [1.54, 1.807) is 0 Å². The summed E-state index contributed by atoms with van der Waals surface area (Å²) in [7, 11) is 1.84. The van der Waals surface area contributed by atoms with Gasteiger partial charge in [0, 0.05) is 11.3 Å². The topological polar surface area (TPSA) is 33.5 Å². The van der Waals surface area contributed by atoms with Gasteiger partial charge >= 0.3 is 6.18 Å². The van der Waals surface area contributed by atoms with Crippen molar-refractivity contribution in [1.29, 1.82) is 0 Å². The lowest BCUT2D eigenvalue weighted by molar-refractivity contribution is -0.885. The van der Waals surface area contributed by atoms with Gasteiger partial charge in [0.15, 0.2) is 6.54 Å². The summed E-state index contributed by atoms with van der Waals surface area (Å²) in [6, 6.07) is 13.0. The minimum absolute atomic E-state index is 0.0734. The van der Waals surface area contributed by atoms with Gasteiger partial charge in [-0.15, -0.1) is 0 Å². The first-order chi connectivity index (χ1) is 11.3. The van der Waals surface area contributed by atoms with Crippen LogP contribution in [-0.2, 0) is 17.5 Å². The van der Waals surface area contributed by atoms with Crippen LogP contribution in [0.4, 0.5) is 18.9 Å². The second kappa shape index (κ2) is 7.68. The molecule has 128 valence electrons. The predicted molar refractivity (Wildman–Crippen MR) is 87.0 cm³/mol. The lowest BCUT2D eigenvalue weighted by atomic mass is 10.2. The largest absolute Gasteiger partial charge is 0.417 e. The summed E-state index contributed by atoms with van der Waals surface area (Å²) < 4.78 is 38.5. The summed E-state index contributed by atoms with van der Waals surface area (Å²) in [6.07, 6.45) is -4.56. The fourth-order valence-electron chi connectivity index (χ4n) is 2.31. The summed E-state index contributed by atoms with van der Waals surface area (Å²) >= 11 is 5.56. The molecule has 0 heterocycles. The zero-order chi connectivity index (χ0) is 17.7. The molecule has 0 bridgehead atoms. The summed E-state index contributed by atoms with van der Waals surface area (Å²) in [5, 5.41) is 2.08. The van der Waals surface area contributed by atoms with Gasteiger partial charge in [0.1, 0.15) is 6.54 Å². The van der Waals surface area contributed by atoms with Gasteiger partial charge in [0.05, 0.1) is 17.6 Å². The monoisotopic (exact) mass is 357 g/mol. The molecule has 0 radical (unpaired) electrons. The fraction of sp³-hybridized carbons (Fsp3) is 0.235. The molecule has 0 saturated heterocycles. The van der Waals surface area contributed by atoms with Crippen LogP contribution < -0.4 is 10.2 Å². The number of carbonyl (C=O) groups excluding carboxylic acids is 1. The van der Waals surface area contributed by atoms with E-state index in [0.717, 1.165) is 22.6 Å². The third-order valence-electron chi connectivity index (χ3n) is 3.37. The van der Waals surface area contributed by atoms with Crippen LogP contribution >= 0.6 is 11.6 Å². The van der Waals surface area contributed by atoms with Gasteiger partial charge < -0.3 is 10.2 Å². The van der Waals surface area contributed by atoms with E-state index in [-0.39, 0.29) is 18.1 Å². The van der Waals surface area contributed by atoms with Crippen molar-refractivity contribution in [3.05, 3.63) is 64.7 Å². The third kappa shape index (κ3) is 5.25. The number of benzene rings is 2. The highest BCUT2D eigenvalue weighted by atomic mass is 35.5. The van der Waals surface area contributed by atoms with Crippen LogP contribution in [0, 0.1) is 0 Å². The zero-order valence-corrected chi connectivity index (χ0v) is 13.7. The Morgan fingerprint density at radius 1 is 1.17 bits per heavy atom. The Bertz CT molecular complexity index is 705. The van der Waals surface area contributed by atoms with Crippen LogP contribution in [0.1, 0.15) is 11.1 Å². The van der Waals surface area contributed by atoms with Gasteiger partial charge in [-0.25, -0.2) is 0 Å². The maximum absolute atomic E-state index is 12.8. The maximum atomic E-state index is 12.8. The first kappa shape index (κ1) is 18.3. The van der Waals surface area contributed by atoms with Crippen molar-refractivity contribution in [3.8, 4) is 0 Å². The Morgan fingerprint density at radius 2 is 1.83 bits per heavy atom. The standard InChI is InChI=1S/C17H16ClF3N2O/c1-23(10-12-5-3-2-4-6-12)11-16(24)22-13-7-8-15(18)14(9-13)17(19,20)21/h2-9H,10-11H2,1H3,(H,22,24)/p+1. The minimum Gasteiger partial charge on any atom is -0.326 e. The van der Waals surface area contributed by atoms with Gasteiger partial charge in [0.2, 0.25) is 0 Å². The predicted octanol–water partition coefficient (Wildman–Crippen LogP) is 3.01. The normalized spacial score (nSPS) is 12.7. The van der Waals surface area contributed by atoms with Gasteiger partial charge in [0.25, 0.3) is 5.91 Å². The van der Waals surface area contributed by atoms with E-state index in [1.165, 1.54) is 6.07 Å². The van der Waals surface area contributed by atoms with Crippen LogP contribution in [0.3, 0.4) is 0 Å². The van der Waals surface area contributed by atoms with Gasteiger partial charge in [-0.05, 0) is 18.2 Å². The van der Waals surface area contributed by atoms with Crippen LogP contribution in [0.2, 0.25) is 5.02 Å². The molecule has 0 fully saturated rings. The average Bonchev–Trinajstić information content (AvgIpc) is 2.48. The van der Waals surface area contributed by atoms with Gasteiger partial charge in [-0.1, -0.05) is 41.9 Å². The summed E-state index contributed by atoms with van der Waals surface area (Å²) in [5.74, 6) is -0.362. The second-order valence-electron chi connectivity index (χ2n) is 5.54. The molecule has 0 spiro atoms. The highest BCUT2D eigenvalue weighted by molar-refractivity contribution is 6.31. The van der Waals surface area contributed by atoms with Crippen molar-refractivity contribution in [2.75, 3.05) is 18.9 Å². The van der Waals surface area contributed by atoms with Crippen LogP contribution in [0.25, 0.3) is 0 Å². The molecule has 0 aliphatic carbocycles. The number of likely N-dealkylation sites (N-methyl/N-ethyl adjacent to an activating group) is 1. The quantitative estimate of drug-likeness (QED) is 0.847. The first-order valence-electron chi connectivity index (χ1n) is 7.27. The Hall–Kier alpha value is -2.05. The van der Waals surface area contributed by atoms with Crippen molar-refractivity contribution >= 4 is 23.2 Å². The van der Waals surface area contributed by atoms with E-state index in [4.69, 9.17) is 11.6 Å². The number of quaternary nitrogens is 1. The molecule has 2 aromatic carbocycles. The zero-order valence-electron chi connectivity index (χ0n) is 13.0.